The van der Waals surface area contributed by atoms with E-state index in [4.69, 9.17) is 11.6 Å². The standard InChI is InChI=1S/C22H24B6ClF2N3O4/c23-14-15(35)32-18(38)21(26,20(14,24)25)34-8-9-7-11(3-6-13(9)16(34)36)22(27,28)33-17(37)19(30,31)10-1-4-12(29)5-2-10/h1-7,14H,8,23-28H2,(H,33,37)(H,32,35,38)/t14?,21-/m1/s1. The van der Waals surface area contributed by atoms with Crippen molar-refractivity contribution in [3.8, 4) is 0 Å². The third-order valence-corrected chi connectivity index (χ3v) is 8.75. The van der Waals surface area contributed by atoms with Crippen molar-refractivity contribution in [1.29, 1.82) is 0 Å². The number of piperidine rings is 1. The van der Waals surface area contributed by atoms with Crippen LogP contribution >= 0.6 is 11.6 Å². The number of hydrogen-bond acceptors (Lipinski definition) is 4. The molecule has 1 unspecified atom stereocenters. The Balaban J connectivity index is 1.61. The Labute approximate surface area is 229 Å². The quantitative estimate of drug-likeness (QED) is 0.307. The molecule has 0 spiro atoms. The van der Waals surface area contributed by atoms with Crippen molar-refractivity contribution in [2.24, 2.45) is 0 Å². The smallest absolute Gasteiger partial charge is 0.349 e. The number of rotatable bonds is 5. The molecule has 4 amide bonds. The van der Waals surface area contributed by atoms with Gasteiger partial charge in [0.25, 0.3) is 11.8 Å². The Hall–Kier alpha value is -2.94. The molecule has 2 atom stereocenters. The van der Waals surface area contributed by atoms with Crippen molar-refractivity contribution < 1.29 is 28.0 Å². The molecule has 2 aliphatic rings. The number of halogens is 3. The summed E-state index contributed by atoms with van der Waals surface area (Å²) in [5, 5.41) is 3.00. The van der Waals surface area contributed by atoms with E-state index in [-0.39, 0.29) is 17.5 Å². The maximum atomic E-state index is 14.9. The summed E-state index contributed by atoms with van der Waals surface area (Å²) >= 11 is 5.78. The maximum Gasteiger partial charge on any atom is 0.349 e. The number of alkyl halides is 2. The minimum Gasteiger partial charge on any atom is -0.357 e. The molecule has 7 nitrogen and oxygen atoms in total. The second kappa shape index (κ2) is 9.07. The molecule has 2 aromatic carbocycles. The number of imide groups is 1. The molecule has 4 rings (SSSR count). The first-order valence-corrected chi connectivity index (χ1v) is 12.6. The van der Waals surface area contributed by atoms with Crippen molar-refractivity contribution in [3.63, 3.8) is 0 Å². The summed E-state index contributed by atoms with van der Waals surface area (Å²) in [6, 6.07) is 9.63. The summed E-state index contributed by atoms with van der Waals surface area (Å²) in [7, 11) is 10.1. The van der Waals surface area contributed by atoms with Crippen LogP contribution < -0.4 is 10.6 Å². The van der Waals surface area contributed by atoms with E-state index in [2.05, 4.69) is 10.6 Å². The van der Waals surface area contributed by atoms with Gasteiger partial charge in [-0.2, -0.15) is 8.78 Å². The Kier molecular flexibility index (Phi) is 6.70. The lowest BCUT2D eigenvalue weighted by Gasteiger charge is -2.54. The number of nitrogens with one attached hydrogen (secondary N) is 2. The van der Waals surface area contributed by atoms with Crippen molar-refractivity contribution >= 4 is 82.3 Å². The van der Waals surface area contributed by atoms with Crippen LogP contribution in [-0.4, -0.2) is 81.0 Å². The molecule has 0 radical (unpaired) electrons. The molecular weight excluding hydrogens is 509 g/mol. The highest BCUT2D eigenvalue weighted by molar-refractivity contribution is 6.57. The first-order valence-electron chi connectivity index (χ1n) is 12.2. The molecular formula is C22H24B6ClF2N3O4. The van der Waals surface area contributed by atoms with Crippen LogP contribution in [-0.2, 0) is 32.2 Å². The van der Waals surface area contributed by atoms with Crippen molar-refractivity contribution in [1.82, 2.24) is 15.5 Å². The summed E-state index contributed by atoms with van der Waals surface area (Å²) in [5.74, 6) is -7.12. The van der Waals surface area contributed by atoms with Gasteiger partial charge in [-0.05, 0) is 29.3 Å². The second-order valence-electron chi connectivity index (χ2n) is 11.3. The number of benzene rings is 2. The van der Waals surface area contributed by atoms with E-state index >= 15 is 0 Å². The zero-order valence-electron chi connectivity index (χ0n) is 22.0. The Morgan fingerprint density at radius 1 is 1.05 bits per heavy atom. The fourth-order valence-corrected chi connectivity index (χ4v) is 5.28. The summed E-state index contributed by atoms with van der Waals surface area (Å²) in [4.78, 5) is 53.0. The molecule has 2 aliphatic heterocycles. The topological polar surface area (TPSA) is 95.6 Å². The van der Waals surface area contributed by atoms with Crippen LogP contribution in [0.4, 0.5) is 8.78 Å². The summed E-state index contributed by atoms with van der Waals surface area (Å²) in [5.41, 5.74) is -0.335. The molecule has 2 heterocycles. The van der Waals surface area contributed by atoms with Gasteiger partial charge in [-0.3, -0.25) is 24.5 Å². The van der Waals surface area contributed by atoms with Gasteiger partial charge in [-0.1, -0.05) is 41.1 Å². The third kappa shape index (κ3) is 4.19. The number of carbonyl (C=O) groups is 4. The molecule has 1 saturated heterocycles. The van der Waals surface area contributed by atoms with E-state index < -0.39 is 51.0 Å². The number of fused-ring (bicyclic) bond motifs is 1. The van der Waals surface area contributed by atoms with E-state index in [0.29, 0.717) is 16.7 Å². The lowest BCUT2D eigenvalue weighted by molar-refractivity contribution is -0.147. The van der Waals surface area contributed by atoms with Crippen LogP contribution in [0.5, 0.6) is 0 Å². The highest BCUT2D eigenvalue weighted by Crippen LogP contribution is 2.49. The largest absolute Gasteiger partial charge is 0.357 e. The summed E-state index contributed by atoms with van der Waals surface area (Å²) < 4.78 is 29.8. The third-order valence-electron chi connectivity index (χ3n) is 8.50. The molecule has 190 valence electrons. The molecule has 1 fully saturated rings. The van der Waals surface area contributed by atoms with Gasteiger partial charge in [-0.15, -0.1) is 0 Å². The lowest BCUT2D eigenvalue weighted by Crippen LogP contribution is -2.72. The Bertz CT molecular complexity index is 1380. The molecule has 2 aromatic rings. The second-order valence-corrected chi connectivity index (χ2v) is 11.7. The first kappa shape index (κ1) is 28.1. The average molecular weight is 533 g/mol. The molecule has 2 N–H and O–H groups in total. The molecule has 0 bridgehead atoms. The van der Waals surface area contributed by atoms with Gasteiger partial charge in [0.05, 0.1) is 5.44 Å². The van der Waals surface area contributed by atoms with Crippen LogP contribution in [0.25, 0.3) is 0 Å². The number of nitrogens with zero attached hydrogens (tertiary/aromatic N) is 1. The average Bonchev–Trinajstić information content (AvgIpc) is 3.18. The number of amides is 4. The minimum absolute atomic E-state index is 0.0846. The molecule has 16 heteroatoms. The Morgan fingerprint density at radius 2 is 1.63 bits per heavy atom. The summed E-state index contributed by atoms with van der Waals surface area (Å²) in [6.45, 7) is 0.0846. The van der Waals surface area contributed by atoms with Gasteiger partial charge < -0.3 is 10.2 Å². The fourth-order valence-electron chi connectivity index (χ4n) is 5.15. The van der Waals surface area contributed by atoms with Crippen LogP contribution in [0, 0.1) is 0 Å². The lowest BCUT2D eigenvalue weighted by atomic mass is 9.31. The van der Waals surface area contributed by atoms with Gasteiger partial charge >= 0.3 is 5.92 Å². The van der Waals surface area contributed by atoms with E-state index in [1.165, 1.54) is 17.0 Å². The van der Waals surface area contributed by atoms with Crippen molar-refractivity contribution in [2.75, 3.05) is 0 Å². The zero-order valence-corrected chi connectivity index (χ0v) is 22.8. The Morgan fingerprint density at radius 3 is 2.24 bits per heavy atom. The van der Waals surface area contributed by atoms with Crippen molar-refractivity contribution in [2.45, 2.75) is 34.3 Å². The first-order chi connectivity index (χ1) is 17.4. The molecule has 0 aromatic heterocycles. The number of hydrogen-bond donors (Lipinski definition) is 2. The monoisotopic (exact) mass is 533 g/mol. The number of carbonyl (C=O) groups excluding carboxylic acids is 4. The fraction of sp³-hybridized carbons (Fsp3) is 0.273. The van der Waals surface area contributed by atoms with Crippen LogP contribution in [0.3, 0.4) is 0 Å². The molecule has 38 heavy (non-hydrogen) atoms. The highest BCUT2D eigenvalue weighted by atomic mass is 35.5. The van der Waals surface area contributed by atoms with Gasteiger partial charge in [0, 0.05) is 33.8 Å². The van der Waals surface area contributed by atoms with E-state index in [1.54, 1.807) is 65.3 Å². The van der Waals surface area contributed by atoms with Gasteiger partial charge in [0.2, 0.25) is 11.8 Å². The maximum absolute atomic E-state index is 14.9. The van der Waals surface area contributed by atoms with E-state index in [1.807, 2.05) is 0 Å². The predicted octanol–water partition coefficient (Wildman–Crippen LogP) is -3.63. The van der Waals surface area contributed by atoms with E-state index in [9.17, 15) is 28.0 Å². The van der Waals surface area contributed by atoms with Gasteiger partial charge in [0.1, 0.15) is 47.1 Å². The summed E-state index contributed by atoms with van der Waals surface area (Å²) in [6.07, 6.45) is 0. The molecule has 0 saturated carbocycles. The predicted molar refractivity (Wildman–Crippen MR) is 155 cm³/mol. The van der Waals surface area contributed by atoms with Gasteiger partial charge in [0.15, 0.2) is 0 Å². The highest BCUT2D eigenvalue weighted by Gasteiger charge is 2.60. The van der Waals surface area contributed by atoms with Crippen molar-refractivity contribution in [3.05, 3.63) is 69.7 Å². The SMILES string of the molecule is BC1C(=O)NC(=O)[C@@](B)(N2Cc3cc(C(B)(B)NC(=O)C(F)(F)c4ccc(Cl)cc4)ccc3C2=O)C1(B)B. The van der Waals surface area contributed by atoms with Crippen LogP contribution in [0.2, 0.25) is 16.1 Å². The van der Waals surface area contributed by atoms with Crippen LogP contribution in [0.15, 0.2) is 42.5 Å². The molecule has 0 aliphatic carbocycles. The normalized spacial score (nSPS) is 23.1. The van der Waals surface area contributed by atoms with E-state index in [0.717, 1.165) is 12.1 Å². The minimum atomic E-state index is -3.80. The van der Waals surface area contributed by atoms with Gasteiger partial charge in [-0.25, -0.2) is 0 Å². The van der Waals surface area contributed by atoms with Crippen LogP contribution in [0.1, 0.15) is 27.0 Å². The zero-order chi connectivity index (χ0) is 28.4.